The molecule has 0 aliphatic rings. The molecule has 66 valence electrons. The minimum atomic E-state index is -2.49. The highest BCUT2D eigenvalue weighted by Crippen LogP contribution is 2.28. The first-order valence-corrected chi connectivity index (χ1v) is 5.07. The average molecular weight is 396 g/mol. The zero-order valence-corrected chi connectivity index (χ0v) is 10.0. The van der Waals surface area contributed by atoms with E-state index in [4.69, 9.17) is 5.73 Å². The van der Waals surface area contributed by atoms with Crippen LogP contribution in [-0.2, 0) is 0 Å². The molecule has 0 aliphatic carbocycles. The van der Waals surface area contributed by atoms with E-state index in [-0.39, 0.29) is 11.4 Å². The van der Waals surface area contributed by atoms with Crippen LogP contribution in [0.3, 0.4) is 0 Å². The van der Waals surface area contributed by atoms with Crippen molar-refractivity contribution in [1.82, 2.24) is 4.98 Å². The average Bonchev–Trinajstić information content (AvgIpc) is 1.96. The van der Waals surface area contributed by atoms with Crippen molar-refractivity contribution in [3.63, 3.8) is 0 Å². The van der Waals surface area contributed by atoms with Crippen LogP contribution in [0, 0.1) is 7.27 Å². The van der Waals surface area contributed by atoms with Gasteiger partial charge in [-0.05, 0) is 51.2 Å². The normalized spacial score (nSPS) is 10.8. The van der Waals surface area contributed by atoms with Gasteiger partial charge in [0.25, 0.3) is 6.43 Å². The first-order chi connectivity index (χ1) is 5.52. The first-order valence-electron chi connectivity index (χ1n) is 2.92. The molecular formula is C6H4F2I2N2. The maximum absolute atomic E-state index is 12.3. The van der Waals surface area contributed by atoms with Crippen molar-refractivity contribution in [2.24, 2.45) is 0 Å². The monoisotopic (exact) mass is 396 g/mol. The maximum atomic E-state index is 12.3. The summed E-state index contributed by atoms with van der Waals surface area (Å²) in [7, 11) is 0. The molecule has 2 nitrogen and oxygen atoms in total. The van der Waals surface area contributed by atoms with Gasteiger partial charge in [-0.15, -0.1) is 0 Å². The van der Waals surface area contributed by atoms with Crippen molar-refractivity contribution >= 4 is 51.0 Å². The number of halogens is 4. The van der Waals surface area contributed by atoms with E-state index in [9.17, 15) is 8.78 Å². The standard InChI is InChI=1S/C6H4F2I2N2/c7-5(8)2-1-3(11)12-6(10)4(2)9/h1,5H,(H2,11,12). The van der Waals surface area contributed by atoms with Crippen LogP contribution >= 0.6 is 45.2 Å². The van der Waals surface area contributed by atoms with Crippen LogP contribution in [0.15, 0.2) is 6.07 Å². The van der Waals surface area contributed by atoms with E-state index in [2.05, 4.69) is 4.98 Å². The second-order valence-corrected chi connectivity index (χ2v) is 4.14. The lowest BCUT2D eigenvalue weighted by Gasteiger charge is -2.05. The summed E-state index contributed by atoms with van der Waals surface area (Å²) in [6, 6.07) is 1.20. The van der Waals surface area contributed by atoms with Crippen molar-refractivity contribution in [3.8, 4) is 0 Å². The fourth-order valence-electron chi connectivity index (χ4n) is 0.695. The van der Waals surface area contributed by atoms with E-state index in [1.54, 1.807) is 0 Å². The molecule has 0 bridgehead atoms. The number of alkyl halides is 2. The molecular weight excluding hydrogens is 392 g/mol. The van der Waals surface area contributed by atoms with E-state index >= 15 is 0 Å². The minimum Gasteiger partial charge on any atom is -0.384 e. The molecule has 6 heteroatoms. The Morgan fingerprint density at radius 1 is 1.42 bits per heavy atom. The topological polar surface area (TPSA) is 38.9 Å². The van der Waals surface area contributed by atoms with Gasteiger partial charge in [0.15, 0.2) is 0 Å². The van der Waals surface area contributed by atoms with Gasteiger partial charge in [0, 0.05) is 5.56 Å². The van der Waals surface area contributed by atoms with Crippen molar-refractivity contribution in [3.05, 3.63) is 18.9 Å². The van der Waals surface area contributed by atoms with Crippen molar-refractivity contribution in [2.45, 2.75) is 6.43 Å². The first kappa shape index (κ1) is 10.4. The highest BCUT2D eigenvalue weighted by molar-refractivity contribution is 14.1. The van der Waals surface area contributed by atoms with E-state index in [0.29, 0.717) is 7.27 Å². The van der Waals surface area contributed by atoms with Crippen LogP contribution in [0.1, 0.15) is 12.0 Å². The summed E-state index contributed by atoms with van der Waals surface area (Å²) in [5.74, 6) is 0.134. The predicted octanol–water partition coefficient (Wildman–Crippen LogP) is 2.81. The minimum absolute atomic E-state index is 0.0486. The van der Waals surface area contributed by atoms with Crippen LogP contribution in [0.2, 0.25) is 0 Å². The van der Waals surface area contributed by atoms with Gasteiger partial charge in [-0.25, -0.2) is 13.8 Å². The van der Waals surface area contributed by atoms with Crippen molar-refractivity contribution in [2.75, 3.05) is 5.73 Å². The fraction of sp³-hybridized carbons (Fsp3) is 0.167. The molecule has 0 saturated heterocycles. The van der Waals surface area contributed by atoms with Crippen LogP contribution in [-0.4, -0.2) is 4.98 Å². The summed E-state index contributed by atoms with van der Waals surface area (Å²) in [4.78, 5) is 3.84. The Kier molecular flexibility index (Phi) is 3.44. The Morgan fingerprint density at radius 2 is 2.00 bits per heavy atom. The van der Waals surface area contributed by atoms with E-state index < -0.39 is 6.43 Å². The molecule has 0 atom stereocenters. The molecule has 0 aliphatic heterocycles. The lowest BCUT2D eigenvalue weighted by molar-refractivity contribution is 0.150. The Bertz CT molecular complexity index is 304. The molecule has 1 aromatic rings. The summed E-state index contributed by atoms with van der Waals surface area (Å²) in [5, 5.41) is 0. The quantitative estimate of drug-likeness (QED) is 0.586. The number of nitrogen functional groups attached to an aromatic ring is 1. The van der Waals surface area contributed by atoms with Gasteiger partial charge in [-0.2, -0.15) is 0 Å². The number of hydrogen-bond donors (Lipinski definition) is 1. The second kappa shape index (κ2) is 3.99. The molecule has 1 heterocycles. The van der Waals surface area contributed by atoms with Crippen LogP contribution in [0.5, 0.6) is 0 Å². The number of pyridine rings is 1. The smallest absolute Gasteiger partial charge is 0.265 e. The summed E-state index contributed by atoms with van der Waals surface area (Å²) in [5.41, 5.74) is 5.26. The van der Waals surface area contributed by atoms with Gasteiger partial charge in [0.05, 0.1) is 3.57 Å². The lowest BCUT2D eigenvalue weighted by atomic mass is 10.3. The van der Waals surface area contributed by atoms with Crippen LogP contribution < -0.4 is 5.73 Å². The third-order valence-corrected chi connectivity index (χ3v) is 4.15. The largest absolute Gasteiger partial charge is 0.384 e. The molecule has 0 saturated carbocycles. The summed E-state index contributed by atoms with van der Waals surface area (Å²) in [6.45, 7) is 0. The van der Waals surface area contributed by atoms with E-state index in [1.165, 1.54) is 6.07 Å². The Balaban J connectivity index is 3.28. The third-order valence-electron chi connectivity index (χ3n) is 1.20. The SMILES string of the molecule is Nc1cc(C(F)F)c(I)c(I)n1. The van der Waals surface area contributed by atoms with Gasteiger partial charge >= 0.3 is 0 Å². The Hall–Kier alpha value is 0.270. The van der Waals surface area contributed by atoms with E-state index in [0.717, 1.165) is 0 Å². The molecule has 0 aromatic carbocycles. The molecule has 1 aromatic heterocycles. The highest BCUT2D eigenvalue weighted by atomic mass is 127. The Morgan fingerprint density at radius 3 is 2.50 bits per heavy atom. The number of nitrogens with two attached hydrogens (primary N) is 1. The molecule has 0 amide bonds. The maximum Gasteiger partial charge on any atom is 0.265 e. The van der Waals surface area contributed by atoms with Crippen LogP contribution in [0.4, 0.5) is 14.6 Å². The molecule has 1 rings (SSSR count). The number of anilines is 1. The second-order valence-electron chi connectivity index (χ2n) is 2.04. The predicted molar refractivity (Wildman–Crippen MR) is 59.0 cm³/mol. The van der Waals surface area contributed by atoms with Crippen molar-refractivity contribution < 1.29 is 8.78 Å². The van der Waals surface area contributed by atoms with Gasteiger partial charge in [-0.1, -0.05) is 0 Å². The summed E-state index contributed by atoms with van der Waals surface area (Å²) < 4.78 is 25.6. The van der Waals surface area contributed by atoms with Gasteiger partial charge < -0.3 is 5.73 Å². The summed E-state index contributed by atoms with van der Waals surface area (Å²) in [6.07, 6.45) is -2.49. The summed E-state index contributed by atoms with van der Waals surface area (Å²) >= 11 is 3.71. The number of rotatable bonds is 1. The number of hydrogen-bond acceptors (Lipinski definition) is 2. The van der Waals surface area contributed by atoms with E-state index in [1.807, 2.05) is 45.2 Å². The van der Waals surface area contributed by atoms with Gasteiger partial charge in [-0.3, -0.25) is 0 Å². The molecule has 0 radical (unpaired) electrons. The van der Waals surface area contributed by atoms with Gasteiger partial charge in [0.1, 0.15) is 9.52 Å². The molecule has 0 spiro atoms. The number of nitrogens with zero attached hydrogens (tertiary/aromatic N) is 1. The van der Waals surface area contributed by atoms with Gasteiger partial charge in [0.2, 0.25) is 0 Å². The number of aromatic nitrogens is 1. The molecule has 0 fully saturated rings. The molecule has 0 unspecified atom stereocenters. The lowest BCUT2D eigenvalue weighted by Crippen LogP contribution is -2.00. The highest BCUT2D eigenvalue weighted by Gasteiger charge is 2.15. The Labute approximate surface area is 95.2 Å². The molecule has 12 heavy (non-hydrogen) atoms. The fourth-order valence-corrected chi connectivity index (χ4v) is 1.80. The third kappa shape index (κ3) is 2.15. The van der Waals surface area contributed by atoms with Crippen molar-refractivity contribution in [1.29, 1.82) is 0 Å². The zero-order chi connectivity index (χ0) is 9.30. The van der Waals surface area contributed by atoms with Crippen LogP contribution in [0.25, 0.3) is 0 Å². The zero-order valence-electron chi connectivity index (χ0n) is 5.69. The molecule has 2 N–H and O–H groups in total.